The van der Waals surface area contributed by atoms with Gasteiger partial charge in [0.05, 0.1) is 5.56 Å². The third kappa shape index (κ3) is 3.46. The van der Waals surface area contributed by atoms with Gasteiger partial charge in [0.1, 0.15) is 17.4 Å². The zero-order chi connectivity index (χ0) is 14.5. The number of ether oxygens (including phenoxy) is 1. The summed E-state index contributed by atoms with van der Waals surface area (Å²) < 4.78 is 6.83. The van der Waals surface area contributed by atoms with Crippen molar-refractivity contribution in [1.82, 2.24) is 9.97 Å². The summed E-state index contributed by atoms with van der Waals surface area (Å²) in [4.78, 5) is 8.81. The highest BCUT2D eigenvalue weighted by molar-refractivity contribution is 9.10. The van der Waals surface area contributed by atoms with Crippen LogP contribution in [0.25, 0.3) is 0 Å². The Kier molecular flexibility index (Phi) is 4.92. The van der Waals surface area contributed by atoms with E-state index in [9.17, 15) is 0 Å². The molecule has 0 aliphatic heterocycles. The highest BCUT2D eigenvalue weighted by atomic mass is 79.9. The van der Waals surface area contributed by atoms with Gasteiger partial charge in [-0.05, 0) is 37.6 Å². The summed E-state index contributed by atoms with van der Waals surface area (Å²) in [6.07, 6.45) is 1.75. The molecule has 0 aliphatic carbocycles. The average Bonchev–Trinajstić information content (AvgIpc) is 2.45. The molecule has 1 heterocycles. The van der Waals surface area contributed by atoms with Crippen LogP contribution in [0.5, 0.6) is 11.6 Å². The van der Waals surface area contributed by atoms with Gasteiger partial charge in [-0.1, -0.05) is 22.9 Å². The molecule has 2 rings (SSSR count). The quantitative estimate of drug-likeness (QED) is 0.644. The molecule has 0 aliphatic rings. The van der Waals surface area contributed by atoms with Crippen molar-refractivity contribution in [3.8, 4) is 11.6 Å². The molecule has 0 bridgehead atoms. The maximum atomic E-state index is 5.83. The van der Waals surface area contributed by atoms with E-state index in [1.54, 1.807) is 0 Å². The molecular weight excluding hydrogens is 320 g/mol. The second kappa shape index (κ2) is 6.67. The number of hydrogen-bond acceptors (Lipinski definition) is 5. The Labute approximate surface area is 126 Å². The van der Waals surface area contributed by atoms with Crippen LogP contribution < -0.4 is 16.0 Å². The van der Waals surface area contributed by atoms with Crippen LogP contribution in [-0.4, -0.2) is 9.97 Å². The second-order valence-corrected chi connectivity index (χ2v) is 5.28. The van der Waals surface area contributed by atoms with Crippen molar-refractivity contribution in [2.75, 3.05) is 5.43 Å². The van der Waals surface area contributed by atoms with Crippen molar-refractivity contribution in [2.45, 2.75) is 26.7 Å². The molecule has 5 nitrogen and oxygen atoms in total. The second-order valence-electron chi connectivity index (χ2n) is 4.37. The zero-order valence-corrected chi connectivity index (χ0v) is 13.1. The molecule has 3 N–H and O–H groups in total. The van der Waals surface area contributed by atoms with Gasteiger partial charge in [0.25, 0.3) is 0 Å². The largest absolute Gasteiger partial charge is 0.439 e. The molecule has 106 valence electrons. The highest BCUT2D eigenvalue weighted by Crippen LogP contribution is 2.27. The van der Waals surface area contributed by atoms with Crippen molar-refractivity contribution < 1.29 is 4.74 Å². The van der Waals surface area contributed by atoms with Crippen molar-refractivity contribution >= 4 is 21.7 Å². The number of hydrazine groups is 1. The van der Waals surface area contributed by atoms with Gasteiger partial charge < -0.3 is 10.2 Å². The van der Waals surface area contributed by atoms with E-state index in [2.05, 4.69) is 38.2 Å². The maximum absolute atomic E-state index is 5.83. The normalized spacial score (nSPS) is 10.4. The van der Waals surface area contributed by atoms with Crippen molar-refractivity contribution in [3.63, 3.8) is 0 Å². The molecule has 0 saturated heterocycles. The van der Waals surface area contributed by atoms with E-state index in [0.717, 1.165) is 34.5 Å². The fourth-order valence-electron chi connectivity index (χ4n) is 1.73. The minimum Gasteiger partial charge on any atom is -0.439 e. The smallest absolute Gasteiger partial charge is 0.227 e. The van der Waals surface area contributed by atoms with E-state index in [1.807, 2.05) is 31.2 Å². The Bertz CT molecular complexity index is 586. The summed E-state index contributed by atoms with van der Waals surface area (Å²) in [6, 6.07) is 7.59. The summed E-state index contributed by atoms with van der Waals surface area (Å²) in [7, 11) is 0. The first kappa shape index (κ1) is 14.7. The number of hydrogen-bond donors (Lipinski definition) is 2. The SMILES string of the molecule is CCCc1nc(NN)c(C)c(Oc2ccc(Br)cc2)n1. The number of nitrogens with two attached hydrogens (primary N) is 1. The van der Waals surface area contributed by atoms with Crippen molar-refractivity contribution in [2.24, 2.45) is 5.84 Å². The lowest BCUT2D eigenvalue weighted by Crippen LogP contribution is -2.13. The Balaban J connectivity index is 2.33. The van der Waals surface area contributed by atoms with Crippen LogP contribution in [0, 0.1) is 6.92 Å². The summed E-state index contributed by atoms with van der Waals surface area (Å²) in [6.45, 7) is 3.95. The van der Waals surface area contributed by atoms with E-state index in [4.69, 9.17) is 10.6 Å². The third-order valence-corrected chi connectivity index (χ3v) is 3.31. The van der Waals surface area contributed by atoms with E-state index in [0.29, 0.717) is 11.7 Å². The minimum absolute atomic E-state index is 0.527. The summed E-state index contributed by atoms with van der Waals surface area (Å²) in [5.74, 6) is 8.06. The highest BCUT2D eigenvalue weighted by Gasteiger charge is 2.12. The summed E-state index contributed by atoms with van der Waals surface area (Å²) in [5.41, 5.74) is 3.38. The average molecular weight is 337 g/mol. The number of rotatable bonds is 5. The monoisotopic (exact) mass is 336 g/mol. The fraction of sp³-hybridized carbons (Fsp3) is 0.286. The lowest BCUT2D eigenvalue weighted by Gasteiger charge is -2.12. The molecule has 1 aromatic carbocycles. The first-order valence-electron chi connectivity index (χ1n) is 6.41. The molecule has 0 spiro atoms. The molecular formula is C14H17BrN4O. The molecule has 1 aromatic heterocycles. The van der Waals surface area contributed by atoms with Crippen LogP contribution in [-0.2, 0) is 6.42 Å². The third-order valence-electron chi connectivity index (χ3n) is 2.79. The lowest BCUT2D eigenvalue weighted by molar-refractivity contribution is 0.454. The molecule has 20 heavy (non-hydrogen) atoms. The Morgan fingerprint density at radius 2 is 1.95 bits per heavy atom. The van der Waals surface area contributed by atoms with Gasteiger partial charge in [0.15, 0.2) is 0 Å². The number of aromatic nitrogens is 2. The fourth-order valence-corrected chi connectivity index (χ4v) is 1.99. The number of halogens is 1. The molecule has 0 amide bonds. The summed E-state index contributed by atoms with van der Waals surface area (Å²) in [5, 5.41) is 0. The standard InChI is InChI=1S/C14H17BrN4O/c1-3-4-12-17-13(19-16)9(2)14(18-12)20-11-7-5-10(15)6-8-11/h5-8H,3-4,16H2,1-2H3,(H,17,18,19). The molecule has 2 aromatic rings. The molecule has 6 heteroatoms. The van der Waals surface area contributed by atoms with Crippen LogP contribution in [0.15, 0.2) is 28.7 Å². The number of anilines is 1. The van der Waals surface area contributed by atoms with Crippen LogP contribution in [0.4, 0.5) is 5.82 Å². The molecule has 0 fully saturated rings. The number of nitrogens with one attached hydrogen (secondary N) is 1. The maximum Gasteiger partial charge on any atom is 0.227 e. The Morgan fingerprint density at radius 3 is 2.55 bits per heavy atom. The van der Waals surface area contributed by atoms with Gasteiger partial charge in [0, 0.05) is 10.9 Å². The number of benzene rings is 1. The molecule has 0 radical (unpaired) electrons. The van der Waals surface area contributed by atoms with Crippen LogP contribution in [0.2, 0.25) is 0 Å². The number of aryl methyl sites for hydroxylation is 1. The first-order chi connectivity index (χ1) is 9.63. The minimum atomic E-state index is 0.527. The lowest BCUT2D eigenvalue weighted by atomic mass is 10.3. The van der Waals surface area contributed by atoms with Gasteiger partial charge >= 0.3 is 0 Å². The van der Waals surface area contributed by atoms with Gasteiger partial charge in [-0.3, -0.25) is 0 Å². The summed E-state index contributed by atoms with van der Waals surface area (Å²) >= 11 is 3.39. The van der Waals surface area contributed by atoms with Gasteiger partial charge in [0.2, 0.25) is 5.88 Å². The molecule has 0 atom stereocenters. The predicted octanol–water partition coefficient (Wildman–Crippen LogP) is 3.58. The van der Waals surface area contributed by atoms with Crippen LogP contribution in [0.1, 0.15) is 24.7 Å². The van der Waals surface area contributed by atoms with Gasteiger partial charge in [-0.15, -0.1) is 0 Å². The van der Waals surface area contributed by atoms with E-state index < -0.39 is 0 Å². The van der Waals surface area contributed by atoms with Gasteiger partial charge in [-0.25, -0.2) is 10.8 Å². The molecule has 0 unspecified atom stereocenters. The van der Waals surface area contributed by atoms with E-state index >= 15 is 0 Å². The van der Waals surface area contributed by atoms with Gasteiger partial charge in [-0.2, -0.15) is 4.98 Å². The van der Waals surface area contributed by atoms with Crippen molar-refractivity contribution in [3.05, 3.63) is 40.1 Å². The number of nitrogens with zero attached hydrogens (tertiary/aromatic N) is 2. The van der Waals surface area contributed by atoms with Crippen molar-refractivity contribution in [1.29, 1.82) is 0 Å². The topological polar surface area (TPSA) is 73.1 Å². The molecule has 0 saturated carbocycles. The first-order valence-corrected chi connectivity index (χ1v) is 7.21. The Hall–Kier alpha value is -1.66. The Morgan fingerprint density at radius 1 is 1.25 bits per heavy atom. The predicted molar refractivity (Wildman–Crippen MR) is 82.8 cm³/mol. The van der Waals surface area contributed by atoms with Crippen LogP contribution in [0.3, 0.4) is 0 Å². The van der Waals surface area contributed by atoms with E-state index in [1.165, 1.54) is 0 Å². The number of nitrogen functional groups attached to an aromatic ring is 1. The van der Waals surface area contributed by atoms with Crippen LogP contribution >= 0.6 is 15.9 Å². The zero-order valence-electron chi connectivity index (χ0n) is 11.5. The van der Waals surface area contributed by atoms with E-state index in [-0.39, 0.29) is 0 Å².